The summed E-state index contributed by atoms with van der Waals surface area (Å²) in [6.45, 7) is 4.17. The number of rotatable bonds is 4. The summed E-state index contributed by atoms with van der Waals surface area (Å²) in [7, 11) is 4.67. The number of aromatic nitrogens is 2. The Morgan fingerprint density at radius 1 is 1.23 bits per heavy atom. The highest BCUT2D eigenvalue weighted by molar-refractivity contribution is 5.98. The first-order valence-corrected chi connectivity index (χ1v) is 8.24. The van der Waals surface area contributed by atoms with E-state index in [0.717, 1.165) is 10.9 Å². The second-order valence-corrected chi connectivity index (χ2v) is 6.59. The number of hydrogen-bond donors (Lipinski definition) is 0. The molecule has 2 aromatic heterocycles. The minimum Gasteiger partial charge on any atom is -0.465 e. The average molecular weight is 355 g/mol. The Morgan fingerprint density at radius 3 is 2.58 bits per heavy atom. The molecule has 3 aromatic rings. The Kier molecular flexibility index (Phi) is 4.54. The highest BCUT2D eigenvalue weighted by Gasteiger charge is 2.19. The lowest BCUT2D eigenvalue weighted by atomic mass is 10.0. The average Bonchev–Trinajstić information content (AvgIpc) is 3.26. The van der Waals surface area contributed by atoms with Gasteiger partial charge in [0, 0.05) is 25.7 Å². The van der Waals surface area contributed by atoms with Crippen molar-refractivity contribution in [2.45, 2.75) is 19.8 Å². The molecule has 7 heteroatoms. The van der Waals surface area contributed by atoms with Gasteiger partial charge in [-0.15, -0.1) is 0 Å². The molecule has 0 bridgehead atoms. The maximum absolute atomic E-state index is 12.3. The Labute approximate surface area is 151 Å². The highest BCUT2D eigenvalue weighted by Crippen LogP contribution is 2.31. The molecule has 0 aliphatic rings. The third-order valence-electron chi connectivity index (χ3n) is 4.15. The number of methoxy groups -OCH3 is 1. The minimum atomic E-state index is -0.463. The van der Waals surface area contributed by atoms with Crippen molar-refractivity contribution in [3.8, 4) is 5.69 Å². The minimum absolute atomic E-state index is 0.214. The van der Waals surface area contributed by atoms with Crippen LogP contribution in [0.2, 0.25) is 0 Å². The number of carbonyl (C=O) groups excluding carboxylic acids is 2. The van der Waals surface area contributed by atoms with Gasteiger partial charge in [-0.25, -0.2) is 9.48 Å². The maximum atomic E-state index is 12.3. The van der Waals surface area contributed by atoms with Crippen molar-refractivity contribution in [3.05, 3.63) is 47.5 Å². The van der Waals surface area contributed by atoms with Crippen molar-refractivity contribution >= 4 is 22.8 Å². The molecule has 1 amide bonds. The number of carbonyl (C=O) groups is 2. The number of benzene rings is 1. The zero-order valence-corrected chi connectivity index (χ0v) is 15.4. The first kappa shape index (κ1) is 17.7. The van der Waals surface area contributed by atoms with Gasteiger partial charge in [-0.2, -0.15) is 5.10 Å². The molecule has 0 fully saturated rings. The van der Waals surface area contributed by atoms with Crippen LogP contribution < -0.4 is 0 Å². The van der Waals surface area contributed by atoms with Gasteiger partial charge in [-0.3, -0.25) is 4.79 Å². The van der Waals surface area contributed by atoms with Crippen molar-refractivity contribution in [2.24, 2.45) is 0 Å². The lowest BCUT2D eigenvalue weighted by molar-refractivity contribution is 0.0600. The second-order valence-electron chi connectivity index (χ2n) is 6.59. The van der Waals surface area contributed by atoms with E-state index in [1.54, 1.807) is 31.0 Å². The van der Waals surface area contributed by atoms with Crippen LogP contribution in [-0.2, 0) is 4.74 Å². The van der Waals surface area contributed by atoms with Gasteiger partial charge in [-0.1, -0.05) is 13.8 Å². The SMILES string of the molecule is COC(=O)c1cnn(-c2cc(C(C)C)cc3cc(C(=O)N(C)C)oc23)c1. The molecule has 0 N–H and O–H groups in total. The number of nitrogens with zero attached hydrogens (tertiary/aromatic N) is 3. The topological polar surface area (TPSA) is 77.6 Å². The lowest BCUT2D eigenvalue weighted by Crippen LogP contribution is -2.20. The van der Waals surface area contributed by atoms with E-state index in [1.807, 2.05) is 12.1 Å². The third kappa shape index (κ3) is 3.08. The van der Waals surface area contributed by atoms with E-state index >= 15 is 0 Å². The van der Waals surface area contributed by atoms with Gasteiger partial charge in [0.05, 0.1) is 18.9 Å². The molecule has 0 radical (unpaired) electrons. The van der Waals surface area contributed by atoms with Gasteiger partial charge < -0.3 is 14.1 Å². The first-order valence-electron chi connectivity index (χ1n) is 8.24. The standard InChI is InChI=1S/C19H21N3O4/c1-11(2)12-6-13-8-16(18(23)21(3)4)26-17(13)15(7-12)22-10-14(9-20-22)19(24)25-5/h6-11H,1-5H3. The van der Waals surface area contributed by atoms with Crippen LogP contribution in [0.5, 0.6) is 0 Å². The van der Waals surface area contributed by atoms with Crippen LogP contribution in [0.4, 0.5) is 0 Å². The van der Waals surface area contributed by atoms with Crippen LogP contribution in [0.3, 0.4) is 0 Å². The van der Waals surface area contributed by atoms with E-state index in [1.165, 1.54) is 18.2 Å². The van der Waals surface area contributed by atoms with Gasteiger partial charge in [0.25, 0.3) is 5.91 Å². The van der Waals surface area contributed by atoms with Crippen LogP contribution in [0.1, 0.15) is 46.2 Å². The normalized spacial score (nSPS) is 11.2. The summed E-state index contributed by atoms with van der Waals surface area (Å²) < 4.78 is 12.1. The molecule has 2 heterocycles. The van der Waals surface area contributed by atoms with Crippen LogP contribution >= 0.6 is 0 Å². The Balaban J connectivity index is 2.20. The molecule has 1 aromatic carbocycles. The Hall–Kier alpha value is -3.09. The van der Waals surface area contributed by atoms with Crippen LogP contribution in [-0.4, -0.2) is 47.8 Å². The summed E-state index contributed by atoms with van der Waals surface area (Å²) in [4.78, 5) is 25.4. The van der Waals surface area contributed by atoms with E-state index in [9.17, 15) is 9.59 Å². The molecule has 0 saturated carbocycles. The van der Waals surface area contributed by atoms with Gasteiger partial charge in [0.15, 0.2) is 11.3 Å². The Bertz CT molecular complexity index is 982. The van der Waals surface area contributed by atoms with E-state index in [-0.39, 0.29) is 17.6 Å². The molecule has 0 aliphatic carbocycles. The van der Waals surface area contributed by atoms with Gasteiger partial charge in [0.2, 0.25) is 0 Å². The number of furan rings is 1. The number of ether oxygens (including phenoxy) is 1. The zero-order valence-electron chi connectivity index (χ0n) is 15.4. The monoisotopic (exact) mass is 355 g/mol. The van der Waals surface area contributed by atoms with E-state index < -0.39 is 5.97 Å². The maximum Gasteiger partial charge on any atom is 0.341 e. The van der Waals surface area contributed by atoms with Crippen molar-refractivity contribution in [2.75, 3.05) is 21.2 Å². The highest BCUT2D eigenvalue weighted by atomic mass is 16.5. The van der Waals surface area contributed by atoms with E-state index in [4.69, 9.17) is 9.15 Å². The predicted molar refractivity (Wildman–Crippen MR) is 96.8 cm³/mol. The molecule has 136 valence electrons. The largest absolute Gasteiger partial charge is 0.465 e. The summed E-state index contributed by atoms with van der Waals surface area (Å²) in [5.74, 6) is -0.145. The molecule has 0 saturated heterocycles. The number of fused-ring (bicyclic) bond motifs is 1. The van der Waals surface area contributed by atoms with Crippen LogP contribution in [0.15, 0.2) is 35.0 Å². The first-order chi connectivity index (χ1) is 12.3. The summed E-state index contributed by atoms with van der Waals surface area (Å²) in [5, 5.41) is 5.07. The fraction of sp³-hybridized carbons (Fsp3) is 0.316. The summed E-state index contributed by atoms with van der Waals surface area (Å²) in [6, 6.07) is 5.69. The van der Waals surface area contributed by atoms with Crippen LogP contribution in [0, 0.1) is 0 Å². The molecule has 0 aliphatic heterocycles. The van der Waals surface area contributed by atoms with Crippen molar-refractivity contribution < 1.29 is 18.7 Å². The fourth-order valence-electron chi connectivity index (χ4n) is 2.66. The van der Waals surface area contributed by atoms with Crippen molar-refractivity contribution in [1.29, 1.82) is 0 Å². The van der Waals surface area contributed by atoms with Crippen molar-refractivity contribution in [1.82, 2.24) is 14.7 Å². The molecular formula is C19H21N3O4. The molecule has 0 spiro atoms. The lowest BCUT2D eigenvalue weighted by Gasteiger charge is -2.09. The second kappa shape index (κ2) is 6.67. The quantitative estimate of drug-likeness (QED) is 0.672. The molecule has 0 unspecified atom stereocenters. The summed E-state index contributed by atoms with van der Waals surface area (Å²) >= 11 is 0. The van der Waals surface area contributed by atoms with Crippen LogP contribution in [0.25, 0.3) is 16.7 Å². The third-order valence-corrected chi connectivity index (χ3v) is 4.15. The molecular weight excluding hydrogens is 334 g/mol. The Morgan fingerprint density at radius 2 is 1.96 bits per heavy atom. The fourth-order valence-corrected chi connectivity index (χ4v) is 2.66. The predicted octanol–water partition coefficient (Wildman–Crippen LogP) is 3.23. The van der Waals surface area contributed by atoms with Gasteiger partial charge in [0.1, 0.15) is 5.69 Å². The van der Waals surface area contributed by atoms with Crippen molar-refractivity contribution in [3.63, 3.8) is 0 Å². The van der Waals surface area contributed by atoms with E-state index in [0.29, 0.717) is 16.8 Å². The molecule has 0 atom stereocenters. The van der Waals surface area contributed by atoms with Gasteiger partial charge in [-0.05, 0) is 29.7 Å². The van der Waals surface area contributed by atoms with Gasteiger partial charge >= 0.3 is 5.97 Å². The van der Waals surface area contributed by atoms with E-state index in [2.05, 4.69) is 18.9 Å². The smallest absolute Gasteiger partial charge is 0.341 e. The number of amides is 1. The zero-order chi connectivity index (χ0) is 19.0. The molecule has 26 heavy (non-hydrogen) atoms. The molecule has 7 nitrogen and oxygen atoms in total. The summed E-state index contributed by atoms with van der Waals surface area (Å²) in [6.07, 6.45) is 3.02. The summed E-state index contributed by atoms with van der Waals surface area (Å²) in [5.41, 5.74) is 2.62. The number of hydrogen-bond acceptors (Lipinski definition) is 5. The molecule has 3 rings (SSSR count). The number of esters is 1.